The number of hydrogen-bond acceptors (Lipinski definition) is 4. The van der Waals surface area contributed by atoms with Crippen molar-refractivity contribution in [2.75, 3.05) is 18.2 Å². The van der Waals surface area contributed by atoms with Crippen molar-refractivity contribution in [2.45, 2.75) is 26.2 Å². The van der Waals surface area contributed by atoms with E-state index in [2.05, 4.69) is 10.1 Å². The summed E-state index contributed by atoms with van der Waals surface area (Å²) in [6.07, 6.45) is 4.04. The summed E-state index contributed by atoms with van der Waals surface area (Å²) in [7, 11) is 0. The highest BCUT2D eigenvalue weighted by Gasteiger charge is 2.31. The molecule has 0 N–H and O–H groups in total. The van der Waals surface area contributed by atoms with Gasteiger partial charge in [-0.05, 0) is 37.5 Å². The van der Waals surface area contributed by atoms with Gasteiger partial charge in [-0.25, -0.2) is 4.98 Å². The summed E-state index contributed by atoms with van der Waals surface area (Å²) >= 11 is 0. The van der Waals surface area contributed by atoms with E-state index >= 15 is 0 Å². The Morgan fingerprint density at radius 2 is 2.16 bits per heavy atom. The Morgan fingerprint density at radius 3 is 2.89 bits per heavy atom. The molecule has 1 aromatic heterocycles. The lowest BCUT2D eigenvalue weighted by Gasteiger charge is -2.21. The van der Waals surface area contributed by atoms with E-state index in [1.807, 2.05) is 19.1 Å². The number of aryl methyl sites for hydroxylation is 1. The lowest BCUT2D eigenvalue weighted by Crippen LogP contribution is -2.23. The maximum atomic E-state index is 12.1. The number of aromatic nitrogens is 1. The maximum absolute atomic E-state index is 12.1. The van der Waals surface area contributed by atoms with Gasteiger partial charge in [0.05, 0.1) is 12.1 Å². The molecule has 0 aliphatic carbocycles. The van der Waals surface area contributed by atoms with E-state index in [1.165, 1.54) is 5.01 Å². The molecule has 5 nitrogen and oxygen atoms in total. The van der Waals surface area contributed by atoms with E-state index in [-0.39, 0.29) is 5.91 Å². The Balaban J connectivity index is 1.82. The van der Waals surface area contributed by atoms with Crippen molar-refractivity contribution in [2.24, 2.45) is 11.0 Å². The molecule has 3 heterocycles. The zero-order chi connectivity index (χ0) is 13.2. The minimum absolute atomic E-state index is 0.0135. The van der Waals surface area contributed by atoms with Crippen LogP contribution in [0, 0.1) is 12.8 Å². The first-order valence-electron chi connectivity index (χ1n) is 6.65. The third-order valence-electron chi connectivity index (χ3n) is 3.61. The Labute approximate surface area is 112 Å². The molecular formula is C14H17N3O2. The van der Waals surface area contributed by atoms with Gasteiger partial charge in [0.25, 0.3) is 5.91 Å². The van der Waals surface area contributed by atoms with Crippen LogP contribution in [0.4, 0.5) is 5.82 Å². The first kappa shape index (κ1) is 12.3. The number of anilines is 1. The van der Waals surface area contributed by atoms with Crippen LogP contribution in [0.3, 0.4) is 0 Å². The summed E-state index contributed by atoms with van der Waals surface area (Å²) < 4.78 is 5.35. The lowest BCUT2D eigenvalue weighted by molar-refractivity contribution is -0.117. The van der Waals surface area contributed by atoms with Crippen LogP contribution in [-0.2, 0) is 9.53 Å². The van der Waals surface area contributed by atoms with Crippen molar-refractivity contribution in [1.29, 1.82) is 0 Å². The first-order chi connectivity index (χ1) is 9.24. The van der Waals surface area contributed by atoms with Gasteiger partial charge in [-0.2, -0.15) is 10.1 Å². The lowest BCUT2D eigenvalue weighted by atomic mass is 9.93. The van der Waals surface area contributed by atoms with E-state index in [4.69, 9.17) is 4.74 Å². The van der Waals surface area contributed by atoms with Gasteiger partial charge in [0, 0.05) is 25.3 Å². The van der Waals surface area contributed by atoms with Gasteiger partial charge in [0.15, 0.2) is 5.82 Å². The third kappa shape index (κ3) is 2.51. The van der Waals surface area contributed by atoms with E-state index in [0.717, 1.165) is 37.3 Å². The van der Waals surface area contributed by atoms with Gasteiger partial charge in [-0.3, -0.25) is 4.79 Å². The zero-order valence-corrected chi connectivity index (χ0v) is 11.0. The quantitative estimate of drug-likeness (QED) is 0.815. The molecule has 1 saturated heterocycles. The number of ether oxygens (including phenoxy) is 1. The molecule has 0 aromatic carbocycles. The highest BCUT2D eigenvalue weighted by Crippen LogP contribution is 2.26. The maximum Gasteiger partial charge on any atom is 0.254 e. The number of nitrogens with zero attached hydrogens (tertiary/aromatic N) is 3. The van der Waals surface area contributed by atoms with Crippen molar-refractivity contribution in [3.63, 3.8) is 0 Å². The molecule has 0 unspecified atom stereocenters. The summed E-state index contributed by atoms with van der Waals surface area (Å²) in [4.78, 5) is 16.3. The molecule has 0 atom stereocenters. The molecule has 2 aliphatic rings. The van der Waals surface area contributed by atoms with Crippen molar-refractivity contribution >= 4 is 17.4 Å². The average Bonchev–Trinajstić information content (AvgIpc) is 2.82. The Hall–Kier alpha value is -1.75. The van der Waals surface area contributed by atoms with E-state index in [0.29, 0.717) is 18.2 Å². The summed E-state index contributed by atoms with van der Waals surface area (Å²) in [5.41, 5.74) is 2.06. The molecule has 19 heavy (non-hydrogen) atoms. The Bertz CT molecular complexity index is 521. The van der Waals surface area contributed by atoms with Crippen LogP contribution >= 0.6 is 0 Å². The Kier molecular flexibility index (Phi) is 3.29. The fraction of sp³-hybridized carbons (Fsp3) is 0.500. The van der Waals surface area contributed by atoms with Gasteiger partial charge in [0.2, 0.25) is 0 Å². The van der Waals surface area contributed by atoms with Gasteiger partial charge in [0.1, 0.15) is 0 Å². The molecule has 2 aliphatic heterocycles. The van der Waals surface area contributed by atoms with Crippen LogP contribution in [-0.4, -0.2) is 29.8 Å². The molecule has 1 amide bonds. The number of carbonyl (C=O) groups excluding carboxylic acids is 1. The SMILES string of the molecule is Cc1ccnc(N2N=C(C3CCOCC3)CC2=O)c1. The van der Waals surface area contributed by atoms with Gasteiger partial charge < -0.3 is 4.74 Å². The predicted octanol–water partition coefficient (Wildman–Crippen LogP) is 1.91. The second-order valence-electron chi connectivity index (χ2n) is 5.05. The van der Waals surface area contributed by atoms with Crippen molar-refractivity contribution in [1.82, 2.24) is 4.98 Å². The van der Waals surface area contributed by atoms with Crippen LogP contribution in [0.1, 0.15) is 24.8 Å². The molecule has 5 heteroatoms. The Morgan fingerprint density at radius 1 is 1.37 bits per heavy atom. The number of hydrogen-bond donors (Lipinski definition) is 0. The van der Waals surface area contributed by atoms with Crippen LogP contribution in [0.25, 0.3) is 0 Å². The number of carbonyl (C=O) groups is 1. The fourth-order valence-corrected chi connectivity index (χ4v) is 2.52. The molecule has 0 spiro atoms. The third-order valence-corrected chi connectivity index (χ3v) is 3.61. The molecule has 1 fully saturated rings. The van der Waals surface area contributed by atoms with E-state index in [9.17, 15) is 4.79 Å². The van der Waals surface area contributed by atoms with Crippen molar-refractivity contribution < 1.29 is 9.53 Å². The largest absolute Gasteiger partial charge is 0.381 e. The molecule has 0 saturated carbocycles. The summed E-state index contributed by atoms with van der Waals surface area (Å²) in [5.74, 6) is 1.01. The van der Waals surface area contributed by atoms with Gasteiger partial charge in [-0.15, -0.1) is 0 Å². The monoisotopic (exact) mass is 259 g/mol. The smallest absolute Gasteiger partial charge is 0.254 e. The summed E-state index contributed by atoms with van der Waals surface area (Å²) in [6.45, 7) is 3.51. The molecule has 3 rings (SSSR count). The number of amides is 1. The normalized spacial score (nSPS) is 20.8. The van der Waals surface area contributed by atoms with Gasteiger partial charge in [-0.1, -0.05) is 0 Å². The van der Waals surface area contributed by atoms with Crippen LogP contribution in [0.5, 0.6) is 0 Å². The van der Waals surface area contributed by atoms with E-state index in [1.54, 1.807) is 6.20 Å². The first-order valence-corrected chi connectivity index (χ1v) is 6.65. The topological polar surface area (TPSA) is 54.8 Å². The van der Waals surface area contributed by atoms with Crippen molar-refractivity contribution in [3.05, 3.63) is 23.9 Å². The van der Waals surface area contributed by atoms with Gasteiger partial charge >= 0.3 is 0 Å². The second-order valence-corrected chi connectivity index (χ2v) is 5.05. The zero-order valence-electron chi connectivity index (χ0n) is 11.0. The summed E-state index contributed by atoms with van der Waals surface area (Å²) in [5, 5.41) is 5.93. The highest BCUT2D eigenvalue weighted by atomic mass is 16.5. The fourth-order valence-electron chi connectivity index (χ4n) is 2.52. The number of pyridine rings is 1. The predicted molar refractivity (Wildman–Crippen MR) is 72.1 cm³/mol. The van der Waals surface area contributed by atoms with E-state index < -0.39 is 0 Å². The minimum atomic E-state index is 0.0135. The second kappa shape index (κ2) is 5.09. The average molecular weight is 259 g/mol. The van der Waals surface area contributed by atoms with Crippen LogP contribution in [0.2, 0.25) is 0 Å². The number of rotatable bonds is 2. The molecule has 0 bridgehead atoms. The summed E-state index contributed by atoms with van der Waals surface area (Å²) in [6, 6.07) is 3.79. The molecule has 100 valence electrons. The van der Waals surface area contributed by atoms with Crippen LogP contribution in [0.15, 0.2) is 23.4 Å². The molecule has 1 aromatic rings. The molecule has 0 radical (unpaired) electrons. The highest BCUT2D eigenvalue weighted by molar-refractivity contribution is 6.13. The van der Waals surface area contributed by atoms with Crippen molar-refractivity contribution in [3.8, 4) is 0 Å². The number of hydrazone groups is 1. The standard InChI is InChI=1S/C14H17N3O2/c1-10-2-5-15-13(8-10)17-14(18)9-12(16-17)11-3-6-19-7-4-11/h2,5,8,11H,3-4,6-7,9H2,1H3. The van der Waals surface area contributed by atoms with Crippen LogP contribution < -0.4 is 5.01 Å². The molecular weight excluding hydrogens is 242 g/mol. The minimum Gasteiger partial charge on any atom is -0.381 e.